The summed E-state index contributed by atoms with van der Waals surface area (Å²) >= 11 is 1.93. The molecule has 0 aliphatic rings. The Labute approximate surface area is 68.7 Å². The summed E-state index contributed by atoms with van der Waals surface area (Å²) in [6.07, 6.45) is 3.31. The third kappa shape index (κ3) is 5.55. The van der Waals surface area contributed by atoms with Crippen molar-refractivity contribution < 1.29 is 0 Å². The molecule has 0 heterocycles. The number of rotatable bonds is 3. The van der Waals surface area contributed by atoms with E-state index in [2.05, 4.69) is 11.9 Å². The first-order chi connectivity index (χ1) is 4.16. The monoisotopic (exact) mass is 236 g/mol. The Bertz CT molecular complexity index is 149. The van der Waals surface area contributed by atoms with Gasteiger partial charge in [-0.05, 0) is 41.8 Å². The van der Waals surface area contributed by atoms with Crippen molar-refractivity contribution in [3.8, 4) is 0 Å². The molecule has 0 bridgehead atoms. The maximum Gasteiger partial charge on any atom is 0.0936 e. The van der Waals surface area contributed by atoms with Crippen LogP contribution in [0.25, 0.3) is 0 Å². The topological polar surface area (TPSA) is 35.9 Å². The molecule has 0 atom stereocenters. The maximum atomic E-state index is 7.04. The predicted octanol–water partition coefficient (Wildman–Crippen LogP) is 2.04. The summed E-state index contributed by atoms with van der Waals surface area (Å²) in [5.74, 6) is 0. The van der Waals surface area contributed by atoms with E-state index in [-0.39, 0.29) is 0 Å². The summed E-state index contributed by atoms with van der Waals surface area (Å²) in [6, 6.07) is 0. The zero-order valence-electron chi connectivity index (χ0n) is 5.24. The van der Waals surface area contributed by atoms with E-state index in [1.54, 1.807) is 12.3 Å². The third-order valence-corrected chi connectivity index (χ3v) is 0.984. The highest BCUT2D eigenvalue weighted by Gasteiger charge is 1.83. The lowest BCUT2D eigenvalue weighted by atomic mass is 10.4. The fraction of sp³-hybridized carbons (Fsp3) is 0.167. The van der Waals surface area contributed by atoms with Gasteiger partial charge in [-0.1, -0.05) is 6.58 Å². The molecule has 3 heteroatoms. The van der Waals surface area contributed by atoms with Gasteiger partial charge in [0.15, 0.2) is 0 Å². The van der Waals surface area contributed by atoms with Gasteiger partial charge in [-0.3, -0.25) is 5.41 Å². The first-order valence-corrected chi connectivity index (χ1v) is 3.54. The van der Waals surface area contributed by atoms with Crippen LogP contribution < -0.4 is 5.32 Å². The van der Waals surface area contributed by atoms with Crippen LogP contribution in [-0.2, 0) is 0 Å². The van der Waals surface area contributed by atoms with Crippen molar-refractivity contribution in [2.45, 2.75) is 6.92 Å². The van der Waals surface area contributed by atoms with E-state index in [9.17, 15) is 0 Å². The molecule has 9 heavy (non-hydrogen) atoms. The number of hydrogen-bond donors (Lipinski definition) is 2. The molecule has 2 nitrogen and oxygen atoms in total. The predicted molar refractivity (Wildman–Crippen MR) is 48.8 cm³/mol. The number of hydrogen-bond acceptors (Lipinski definition) is 2. The number of nitrogens with one attached hydrogen (secondary N) is 2. The lowest BCUT2D eigenvalue weighted by Crippen LogP contribution is -2.00. The van der Waals surface area contributed by atoms with Crippen molar-refractivity contribution in [2.75, 3.05) is 0 Å². The van der Waals surface area contributed by atoms with Crippen molar-refractivity contribution in [3.05, 3.63) is 24.6 Å². The van der Waals surface area contributed by atoms with E-state index in [4.69, 9.17) is 5.41 Å². The van der Waals surface area contributed by atoms with Crippen LogP contribution in [0.15, 0.2) is 24.6 Å². The van der Waals surface area contributed by atoms with Gasteiger partial charge in [0.1, 0.15) is 0 Å². The van der Waals surface area contributed by atoms with Crippen LogP contribution in [0.3, 0.4) is 0 Å². The zero-order valence-corrected chi connectivity index (χ0v) is 7.40. The van der Waals surface area contributed by atoms with Gasteiger partial charge in [0.25, 0.3) is 0 Å². The number of halogens is 1. The van der Waals surface area contributed by atoms with E-state index in [0.29, 0.717) is 3.72 Å². The SMILES string of the molecule is C=CNC(C)=CC(=N)I. The van der Waals surface area contributed by atoms with Crippen LogP contribution in [0.1, 0.15) is 6.92 Å². The Balaban J connectivity index is 3.83. The molecule has 50 valence electrons. The molecule has 0 fully saturated rings. The normalized spacial score (nSPS) is 10.7. The molecule has 0 unspecified atom stereocenters. The van der Waals surface area contributed by atoms with Gasteiger partial charge >= 0.3 is 0 Å². The zero-order chi connectivity index (χ0) is 7.28. The van der Waals surface area contributed by atoms with Gasteiger partial charge in [-0.15, -0.1) is 0 Å². The van der Waals surface area contributed by atoms with Crippen molar-refractivity contribution in [2.24, 2.45) is 0 Å². The molecule has 0 aromatic rings. The van der Waals surface area contributed by atoms with Crippen molar-refractivity contribution in [3.63, 3.8) is 0 Å². The first kappa shape index (κ1) is 8.68. The van der Waals surface area contributed by atoms with Crippen molar-refractivity contribution in [1.82, 2.24) is 5.32 Å². The van der Waals surface area contributed by atoms with Crippen molar-refractivity contribution >= 4 is 26.3 Å². The Morgan fingerprint density at radius 3 is 2.67 bits per heavy atom. The Morgan fingerprint density at radius 2 is 2.33 bits per heavy atom. The molecule has 0 spiro atoms. The molecule has 0 aliphatic carbocycles. The summed E-state index contributed by atoms with van der Waals surface area (Å²) in [5, 5.41) is 9.90. The summed E-state index contributed by atoms with van der Waals surface area (Å²) in [6.45, 7) is 5.37. The van der Waals surface area contributed by atoms with E-state index in [1.807, 2.05) is 29.5 Å². The van der Waals surface area contributed by atoms with Crippen LogP contribution in [0.4, 0.5) is 0 Å². The van der Waals surface area contributed by atoms with E-state index < -0.39 is 0 Å². The molecule has 0 aliphatic heterocycles. The lowest BCUT2D eigenvalue weighted by Gasteiger charge is -1.95. The second kappa shape index (κ2) is 4.55. The van der Waals surface area contributed by atoms with Crippen LogP contribution in [0.5, 0.6) is 0 Å². The Kier molecular flexibility index (Phi) is 4.39. The summed E-state index contributed by atoms with van der Waals surface area (Å²) < 4.78 is 0.513. The molecule has 0 saturated heterocycles. The lowest BCUT2D eigenvalue weighted by molar-refractivity contribution is 1.07. The minimum Gasteiger partial charge on any atom is -0.366 e. The summed E-state index contributed by atoms with van der Waals surface area (Å²) in [7, 11) is 0. The van der Waals surface area contributed by atoms with E-state index >= 15 is 0 Å². The molecule has 0 saturated carbocycles. The van der Waals surface area contributed by atoms with Crippen LogP contribution in [0.2, 0.25) is 0 Å². The second-order valence-electron chi connectivity index (χ2n) is 1.52. The molecule has 2 N–H and O–H groups in total. The average molecular weight is 236 g/mol. The molecule has 0 rings (SSSR count). The van der Waals surface area contributed by atoms with Gasteiger partial charge < -0.3 is 5.32 Å². The number of allylic oxidation sites excluding steroid dienone is 2. The molecular weight excluding hydrogens is 227 g/mol. The van der Waals surface area contributed by atoms with Crippen LogP contribution in [-0.4, -0.2) is 3.72 Å². The average Bonchev–Trinajstić information content (AvgIpc) is 1.63. The summed E-state index contributed by atoms with van der Waals surface area (Å²) in [4.78, 5) is 0. The van der Waals surface area contributed by atoms with Gasteiger partial charge in [-0.2, -0.15) is 0 Å². The van der Waals surface area contributed by atoms with Crippen LogP contribution >= 0.6 is 22.6 Å². The van der Waals surface area contributed by atoms with Gasteiger partial charge in [-0.25, -0.2) is 0 Å². The van der Waals surface area contributed by atoms with Gasteiger partial charge in [0, 0.05) is 5.70 Å². The molecule has 0 radical (unpaired) electrons. The Hall–Kier alpha value is -0.320. The minimum absolute atomic E-state index is 0.513. The van der Waals surface area contributed by atoms with Gasteiger partial charge in [0.2, 0.25) is 0 Å². The van der Waals surface area contributed by atoms with Gasteiger partial charge in [0.05, 0.1) is 3.72 Å². The molecule has 0 amide bonds. The van der Waals surface area contributed by atoms with Crippen molar-refractivity contribution in [1.29, 1.82) is 5.41 Å². The highest BCUT2D eigenvalue weighted by molar-refractivity contribution is 14.1. The summed E-state index contributed by atoms with van der Waals surface area (Å²) in [5.41, 5.74) is 0.935. The molecular formula is C6H9IN2. The Morgan fingerprint density at radius 1 is 1.78 bits per heavy atom. The molecule has 0 aromatic heterocycles. The first-order valence-electron chi connectivity index (χ1n) is 2.46. The molecule has 0 aromatic carbocycles. The third-order valence-electron chi connectivity index (χ3n) is 0.673. The van der Waals surface area contributed by atoms with E-state index in [0.717, 1.165) is 5.70 Å². The van der Waals surface area contributed by atoms with Crippen LogP contribution in [0, 0.1) is 5.41 Å². The quantitative estimate of drug-likeness (QED) is 0.570. The standard InChI is InChI=1S/C6H9IN2/c1-3-9-5(2)4-6(7)8/h3-4,8-9H,1H2,2H3. The fourth-order valence-corrected chi connectivity index (χ4v) is 0.860. The van der Waals surface area contributed by atoms with E-state index in [1.165, 1.54) is 0 Å². The fourth-order valence-electron chi connectivity index (χ4n) is 0.393. The highest BCUT2D eigenvalue weighted by atomic mass is 127. The second-order valence-corrected chi connectivity index (χ2v) is 2.69. The smallest absolute Gasteiger partial charge is 0.0936 e. The minimum atomic E-state index is 0.513. The largest absolute Gasteiger partial charge is 0.366 e. The maximum absolute atomic E-state index is 7.04. The highest BCUT2D eigenvalue weighted by Crippen LogP contribution is 1.92.